The number of nitrogens with zero attached hydrogens (tertiary/aromatic N) is 3. The van der Waals surface area contributed by atoms with E-state index in [4.69, 9.17) is 0 Å². The molecule has 2 aromatic heterocycles. The summed E-state index contributed by atoms with van der Waals surface area (Å²) in [6, 6.07) is 6.18. The van der Waals surface area contributed by atoms with Gasteiger partial charge >= 0.3 is 0 Å². The normalized spacial score (nSPS) is 10.8. The maximum absolute atomic E-state index is 11.2. The molecule has 0 unspecified atom stereocenters. The molecule has 0 aliphatic heterocycles. The third kappa shape index (κ3) is 2.76. The van der Waals surface area contributed by atoms with Crippen molar-refractivity contribution < 1.29 is 4.79 Å². The molecule has 2 heterocycles. The van der Waals surface area contributed by atoms with Crippen LogP contribution in [0.5, 0.6) is 0 Å². The van der Waals surface area contributed by atoms with Gasteiger partial charge in [0.05, 0.1) is 9.77 Å². The van der Waals surface area contributed by atoms with Crippen molar-refractivity contribution in [3.63, 3.8) is 0 Å². The van der Waals surface area contributed by atoms with Crippen LogP contribution in [0.2, 0.25) is 0 Å². The molecule has 0 aliphatic carbocycles. The van der Waals surface area contributed by atoms with Gasteiger partial charge in [0.15, 0.2) is 0 Å². The zero-order valence-electron chi connectivity index (χ0n) is 11.6. The Labute approximate surface area is 135 Å². The van der Waals surface area contributed by atoms with Gasteiger partial charge in [0.25, 0.3) is 0 Å². The van der Waals surface area contributed by atoms with Gasteiger partial charge in [-0.05, 0) is 34.2 Å². The Bertz CT molecular complexity index is 841. The smallest absolute Gasteiger partial charge is 0.222 e. The first-order valence-corrected chi connectivity index (χ1v) is 7.47. The predicted molar refractivity (Wildman–Crippen MR) is 91.0 cm³/mol. The fourth-order valence-corrected chi connectivity index (χ4v) is 2.92. The molecule has 0 saturated heterocycles. The number of hydrogen-bond donors (Lipinski definition) is 1. The Hall–Kier alpha value is -1.96. The fourth-order valence-electron chi connectivity index (χ4n) is 2.18. The van der Waals surface area contributed by atoms with Crippen molar-refractivity contribution in [2.45, 2.75) is 6.92 Å². The van der Waals surface area contributed by atoms with E-state index in [1.165, 1.54) is 6.92 Å². The number of nitrogens with one attached hydrogen (secondary N) is 1. The maximum atomic E-state index is 11.2. The van der Waals surface area contributed by atoms with Gasteiger partial charge in [0, 0.05) is 42.7 Å². The first-order chi connectivity index (χ1) is 10.0. The SMILES string of the molecule is CC(=O)Nc1ncc2ccc(-c3cnn(C)c3)cc2c1I. The van der Waals surface area contributed by atoms with Gasteiger partial charge in [-0.3, -0.25) is 9.48 Å². The fraction of sp³-hybridized carbons (Fsp3) is 0.133. The largest absolute Gasteiger partial charge is 0.310 e. The molecule has 6 heteroatoms. The summed E-state index contributed by atoms with van der Waals surface area (Å²) < 4.78 is 2.71. The molecule has 3 aromatic rings. The van der Waals surface area contributed by atoms with Crippen LogP contribution < -0.4 is 5.32 Å². The highest BCUT2D eigenvalue weighted by molar-refractivity contribution is 14.1. The number of rotatable bonds is 2. The summed E-state index contributed by atoms with van der Waals surface area (Å²) in [6.45, 7) is 1.48. The highest BCUT2D eigenvalue weighted by atomic mass is 127. The summed E-state index contributed by atoms with van der Waals surface area (Å²) in [4.78, 5) is 15.5. The van der Waals surface area contributed by atoms with Crippen LogP contribution in [0, 0.1) is 3.57 Å². The highest BCUT2D eigenvalue weighted by Crippen LogP contribution is 2.30. The molecule has 5 nitrogen and oxygen atoms in total. The average Bonchev–Trinajstić information content (AvgIpc) is 2.88. The number of pyridine rings is 1. The summed E-state index contributed by atoms with van der Waals surface area (Å²) >= 11 is 2.22. The molecule has 0 fully saturated rings. The lowest BCUT2D eigenvalue weighted by Gasteiger charge is -2.08. The standard InChI is InChI=1S/C15H13IN4O/c1-9(21)19-15-14(16)13-5-10(3-4-11(13)6-17-15)12-7-18-20(2)8-12/h3-8H,1-2H3,(H,17,19,21). The molecule has 1 N–H and O–H groups in total. The zero-order chi connectivity index (χ0) is 15.0. The molecule has 0 atom stereocenters. The molecule has 0 saturated carbocycles. The maximum Gasteiger partial charge on any atom is 0.222 e. The minimum absolute atomic E-state index is 0.122. The average molecular weight is 392 g/mol. The number of carbonyl (C=O) groups excluding carboxylic acids is 1. The molecule has 3 rings (SSSR count). The molecule has 0 bridgehead atoms. The molecule has 106 valence electrons. The lowest BCUT2D eigenvalue weighted by Crippen LogP contribution is -2.09. The third-order valence-electron chi connectivity index (χ3n) is 3.16. The molecule has 21 heavy (non-hydrogen) atoms. The topological polar surface area (TPSA) is 59.8 Å². The van der Waals surface area contributed by atoms with Crippen LogP contribution in [0.3, 0.4) is 0 Å². The summed E-state index contributed by atoms with van der Waals surface area (Å²) in [5, 5.41) is 9.06. The van der Waals surface area contributed by atoms with Crippen LogP contribution >= 0.6 is 22.6 Å². The molecular weight excluding hydrogens is 379 g/mol. The lowest BCUT2D eigenvalue weighted by molar-refractivity contribution is -0.114. The van der Waals surface area contributed by atoms with Crippen LogP contribution in [-0.4, -0.2) is 20.7 Å². The Balaban J connectivity index is 2.15. The van der Waals surface area contributed by atoms with Crippen molar-refractivity contribution in [2.24, 2.45) is 7.05 Å². The number of benzene rings is 1. The third-order valence-corrected chi connectivity index (χ3v) is 4.26. The van der Waals surface area contributed by atoms with Gasteiger partial charge in [-0.2, -0.15) is 5.10 Å². The lowest BCUT2D eigenvalue weighted by atomic mass is 10.1. The van der Waals surface area contributed by atoms with Gasteiger partial charge in [-0.25, -0.2) is 4.98 Å². The van der Waals surface area contributed by atoms with Gasteiger partial charge in [0.2, 0.25) is 5.91 Å². The second-order valence-corrected chi connectivity index (χ2v) is 5.89. The van der Waals surface area contributed by atoms with Crippen LogP contribution in [0.25, 0.3) is 21.9 Å². The van der Waals surface area contributed by atoms with E-state index >= 15 is 0 Å². The van der Waals surface area contributed by atoms with Crippen LogP contribution in [0.4, 0.5) is 5.82 Å². The molecule has 0 radical (unpaired) electrons. The molecular formula is C15H13IN4O. The van der Waals surface area contributed by atoms with Gasteiger partial charge < -0.3 is 5.32 Å². The minimum Gasteiger partial charge on any atom is -0.310 e. The van der Waals surface area contributed by atoms with E-state index in [1.807, 2.05) is 25.5 Å². The van der Waals surface area contributed by atoms with E-state index in [-0.39, 0.29) is 5.91 Å². The van der Waals surface area contributed by atoms with Crippen molar-refractivity contribution in [1.82, 2.24) is 14.8 Å². The Morgan fingerprint density at radius 1 is 1.29 bits per heavy atom. The number of halogens is 1. The van der Waals surface area contributed by atoms with E-state index in [1.54, 1.807) is 10.9 Å². The molecule has 1 amide bonds. The first kappa shape index (κ1) is 14.0. The Kier molecular flexibility index (Phi) is 3.62. The van der Waals surface area contributed by atoms with E-state index in [9.17, 15) is 4.79 Å². The summed E-state index contributed by atoms with van der Waals surface area (Å²) in [5.74, 6) is 0.474. The van der Waals surface area contributed by atoms with Crippen molar-refractivity contribution >= 4 is 45.1 Å². The number of aryl methyl sites for hydroxylation is 1. The summed E-state index contributed by atoms with van der Waals surface area (Å²) in [5.41, 5.74) is 2.15. The van der Waals surface area contributed by atoms with E-state index in [0.717, 1.165) is 25.5 Å². The van der Waals surface area contributed by atoms with Gasteiger partial charge in [0.1, 0.15) is 5.82 Å². The second-order valence-electron chi connectivity index (χ2n) is 4.81. The second kappa shape index (κ2) is 5.44. The van der Waals surface area contributed by atoms with Crippen LogP contribution in [0.15, 0.2) is 36.8 Å². The number of carbonyl (C=O) groups is 1. The number of hydrogen-bond acceptors (Lipinski definition) is 3. The number of aromatic nitrogens is 3. The van der Waals surface area contributed by atoms with E-state index < -0.39 is 0 Å². The Morgan fingerprint density at radius 3 is 2.76 bits per heavy atom. The van der Waals surface area contributed by atoms with Gasteiger partial charge in [-0.15, -0.1) is 0 Å². The van der Waals surface area contributed by atoms with Crippen LogP contribution in [0.1, 0.15) is 6.92 Å². The van der Waals surface area contributed by atoms with Crippen molar-refractivity contribution in [3.05, 3.63) is 40.4 Å². The number of amides is 1. The minimum atomic E-state index is -0.122. The highest BCUT2D eigenvalue weighted by Gasteiger charge is 2.09. The zero-order valence-corrected chi connectivity index (χ0v) is 13.7. The predicted octanol–water partition coefficient (Wildman–Crippen LogP) is 3.20. The molecule has 1 aromatic carbocycles. The quantitative estimate of drug-likeness (QED) is 0.682. The van der Waals surface area contributed by atoms with Crippen LogP contribution in [-0.2, 0) is 11.8 Å². The monoisotopic (exact) mass is 392 g/mol. The number of anilines is 1. The van der Waals surface area contributed by atoms with Crippen molar-refractivity contribution in [3.8, 4) is 11.1 Å². The van der Waals surface area contributed by atoms with E-state index in [2.05, 4.69) is 50.1 Å². The first-order valence-electron chi connectivity index (χ1n) is 6.39. The van der Waals surface area contributed by atoms with Crippen molar-refractivity contribution in [1.29, 1.82) is 0 Å². The molecule has 0 aliphatic rings. The van der Waals surface area contributed by atoms with E-state index in [0.29, 0.717) is 5.82 Å². The van der Waals surface area contributed by atoms with Crippen molar-refractivity contribution in [2.75, 3.05) is 5.32 Å². The Morgan fingerprint density at radius 2 is 2.10 bits per heavy atom. The summed E-state index contributed by atoms with van der Waals surface area (Å²) in [6.07, 6.45) is 5.59. The van der Waals surface area contributed by atoms with Gasteiger partial charge in [-0.1, -0.05) is 12.1 Å². The number of fused-ring (bicyclic) bond motifs is 1. The summed E-state index contributed by atoms with van der Waals surface area (Å²) in [7, 11) is 1.90. The molecule has 0 spiro atoms.